The van der Waals surface area contributed by atoms with E-state index in [4.69, 9.17) is 0 Å². The Bertz CT molecular complexity index is 175. The Morgan fingerprint density at radius 2 is 2.00 bits per heavy atom. The quantitative estimate of drug-likeness (QED) is 0.606. The normalized spacial score (nSPS) is 23.8. The summed E-state index contributed by atoms with van der Waals surface area (Å²) in [5.74, 6) is 0. The zero-order valence-electron chi connectivity index (χ0n) is 5.86. The zero-order chi connectivity index (χ0) is 8.43. The molecule has 1 atom stereocenters. The van der Waals surface area contributed by atoms with Crippen LogP contribution in [0.1, 0.15) is 12.8 Å². The van der Waals surface area contributed by atoms with Gasteiger partial charge in [-0.3, -0.25) is 9.59 Å². The molecule has 1 aliphatic heterocycles. The largest absolute Gasteiger partial charge is 0.323 e. The highest BCUT2D eigenvalue weighted by Crippen LogP contribution is 2.20. The Morgan fingerprint density at radius 3 is 2.36 bits per heavy atom. The molecule has 1 amide bonds. The molecule has 1 aliphatic rings. The number of thiol groups is 2. The van der Waals surface area contributed by atoms with Crippen molar-refractivity contribution in [3.05, 3.63) is 0 Å². The maximum atomic E-state index is 10.8. The Hall–Kier alpha value is -0.160. The Labute approximate surface area is 76.0 Å². The topological polar surface area (TPSA) is 37.4 Å². The van der Waals surface area contributed by atoms with E-state index in [2.05, 4.69) is 25.3 Å². The van der Waals surface area contributed by atoms with Crippen molar-refractivity contribution in [2.75, 3.05) is 6.54 Å². The summed E-state index contributed by atoms with van der Waals surface area (Å²) in [4.78, 5) is 23.0. The highest BCUT2D eigenvalue weighted by Gasteiger charge is 2.30. The zero-order valence-corrected chi connectivity index (χ0v) is 7.65. The number of nitrogens with zero attached hydrogens (tertiary/aromatic N) is 1. The number of rotatable bonds is 1. The fourth-order valence-electron chi connectivity index (χ4n) is 1.25. The minimum Gasteiger partial charge on any atom is -0.323 e. The summed E-state index contributed by atoms with van der Waals surface area (Å²) < 4.78 is 0. The third-order valence-electron chi connectivity index (χ3n) is 1.78. The Balaban J connectivity index is 2.65. The first-order valence-electron chi connectivity index (χ1n) is 3.35. The van der Waals surface area contributed by atoms with Crippen molar-refractivity contribution in [1.82, 2.24) is 4.90 Å². The molecule has 0 bridgehead atoms. The molecule has 0 spiro atoms. The van der Waals surface area contributed by atoms with Crippen molar-refractivity contribution in [2.24, 2.45) is 0 Å². The summed E-state index contributed by atoms with van der Waals surface area (Å²) >= 11 is 7.33. The van der Waals surface area contributed by atoms with Crippen LogP contribution in [0.25, 0.3) is 0 Å². The number of carbonyl (C=O) groups is 2. The van der Waals surface area contributed by atoms with Crippen molar-refractivity contribution in [3.8, 4) is 0 Å². The van der Waals surface area contributed by atoms with Crippen LogP contribution in [-0.2, 0) is 4.79 Å². The van der Waals surface area contributed by atoms with Crippen LogP contribution >= 0.6 is 25.3 Å². The number of carbonyl (C=O) groups excluding carboxylic acids is 2. The summed E-state index contributed by atoms with van der Waals surface area (Å²) in [6, 6.07) is -0.344. The van der Waals surface area contributed by atoms with Crippen LogP contribution in [0, 0.1) is 0 Å². The number of hydrogen-bond acceptors (Lipinski definition) is 2. The molecule has 0 aromatic heterocycles. The molecule has 0 N–H and O–H groups in total. The van der Waals surface area contributed by atoms with E-state index in [1.807, 2.05) is 0 Å². The summed E-state index contributed by atoms with van der Waals surface area (Å²) in [7, 11) is 0. The molecule has 0 aromatic rings. The monoisotopic (exact) mass is 191 g/mol. The Kier molecular flexibility index (Phi) is 2.84. The SMILES string of the molecule is O=C(S)C1CCCN1C(=O)S. The first-order chi connectivity index (χ1) is 5.13. The molecule has 5 heteroatoms. The predicted octanol–water partition coefficient (Wildman–Crippen LogP) is 0.957. The fraction of sp³-hybridized carbons (Fsp3) is 0.667. The lowest BCUT2D eigenvalue weighted by Crippen LogP contribution is -2.35. The van der Waals surface area contributed by atoms with Gasteiger partial charge in [0, 0.05) is 6.54 Å². The maximum absolute atomic E-state index is 10.8. The average Bonchev–Trinajstić information content (AvgIpc) is 2.32. The minimum atomic E-state index is -0.344. The first-order valence-corrected chi connectivity index (χ1v) is 4.24. The van der Waals surface area contributed by atoms with E-state index in [1.54, 1.807) is 0 Å². The average molecular weight is 191 g/mol. The van der Waals surface area contributed by atoms with Gasteiger partial charge in [0.1, 0.15) is 6.04 Å². The van der Waals surface area contributed by atoms with E-state index in [0.717, 1.165) is 6.42 Å². The van der Waals surface area contributed by atoms with Gasteiger partial charge in [-0.1, -0.05) is 12.6 Å². The summed E-state index contributed by atoms with van der Waals surface area (Å²) in [6.45, 7) is 0.624. The molecular formula is C6H9NO2S2. The lowest BCUT2D eigenvalue weighted by atomic mass is 10.2. The molecule has 0 radical (unpaired) electrons. The van der Waals surface area contributed by atoms with Crippen LogP contribution in [0.4, 0.5) is 4.79 Å². The van der Waals surface area contributed by atoms with Crippen molar-refractivity contribution < 1.29 is 9.59 Å². The summed E-state index contributed by atoms with van der Waals surface area (Å²) in [5.41, 5.74) is 0. The molecule has 62 valence electrons. The molecule has 0 saturated carbocycles. The van der Waals surface area contributed by atoms with Crippen molar-refractivity contribution in [2.45, 2.75) is 18.9 Å². The van der Waals surface area contributed by atoms with Crippen LogP contribution in [0.2, 0.25) is 0 Å². The predicted molar refractivity (Wildman–Crippen MR) is 48.1 cm³/mol. The van der Waals surface area contributed by atoms with Gasteiger partial charge < -0.3 is 4.90 Å². The van der Waals surface area contributed by atoms with Gasteiger partial charge in [-0.2, -0.15) is 0 Å². The van der Waals surface area contributed by atoms with Gasteiger partial charge in [-0.05, 0) is 12.8 Å². The van der Waals surface area contributed by atoms with Crippen molar-refractivity contribution in [3.63, 3.8) is 0 Å². The minimum absolute atomic E-state index is 0.245. The molecule has 3 nitrogen and oxygen atoms in total. The van der Waals surface area contributed by atoms with Crippen LogP contribution < -0.4 is 0 Å². The Morgan fingerprint density at radius 1 is 1.36 bits per heavy atom. The van der Waals surface area contributed by atoms with Gasteiger partial charge in [0.15, 0.2) is 0 Å². The molecule has 1 heterocycles. The van der Waals surface area contributed by atoms with Crippen LogP contribution in [-0.4, -0.2) is 27.8 Å². The van der Waals surface area contributed by atoms with E-state index < -0.39 is 0 Å². The standard InChI is InChI=1S/C6H9NO2S2/c8-5(10)4-2-1-3-7(4)6(9)11/h4H,1-3H2,(H,8,10)(H,9,11). The van der Waals surface area contributed by atoms with Crippen LogP contribution in [0.5, 0.6) is 0 Å². The number of hydrogen-bond donors (Lipinski definition) is 2. The smallest absolute Gasteiger partial charge is 0.279 e. The third kappa shape index (κ3) is 1.90. The third-order valence-corrected chi connectivity index (χ3v) is 2.34. The van der Waals surface area contributed by atoms with E-state index >= 15 is 0 Å². The second kappa shape index (κ2) is 3.49. The lowest BCUT2D eigenvalue weighted by Gasteiger charge is -2.18. The van der Waals surface area contributed by atoms with Crippen molar-refractivity contribution >= 4 is 35.6 Å². The molecule has 0 aliphatic carbocycles. The van der Waals surface area contributed by atoms with Gasteiger partial charge in [-0.25, -0.2) is 0 Å². The molecular weight excluding hydrogens is 182 g/mol. The van der Waals surface area contributed by atoms with E-state index in [-0.39, 0.29) is 16.4 Å². The van der Waals surface area contributed by atoms with E-state index in [9.17, 15) is 9.59 Å². The molecule has 1 unspecified atom stereocenters. The van der Waals surface area contributed by atoms with Crippen LogP contribution in [0.3, 0.4) is 0 Å². The highest BCUT2D eigenvalue weighted by molar-refractivity contribution is 7.97. The molecule has 11 heavy (non-hydrogen) atoms. The number of likely N-dealkylation sites (tertiary alicyclic amines) is 1. The first kappa shape index (κ1) is 8.93. The highest BCUT2D eigenvalue weighted by atomic mass is 32.1. The molecule has 1 fully saturated rings. The van der Waals surface area contributed by atoms with E-state index in [0.29, 0.717) is 13.0 Å². The lowest BCUT2D eigenvalue weighted by molar-refractivity contribution is -0.113. The fourth-order valence-corrected chi connectivity index (χ4v) is 1.76. The number of amides is 1. The second-order valence-corrected chi connectivity index (χ2v) is 3.30. The molecule has 1 rings (SSSR count). The summed E-state index contributed by atoms with van der Waals surface area (Å²) in [5, 5.41) is -0.584. The van der Waals surface area contributed by atoms with Gasteiger partial charge in [0.25, 0.3) is 5.24 Å². The van der Waals surface area contributed by atoms with Crippen molar-refractivity contribution in [1.29, 1.82) is 0 Å². The van der Waals surface area contributed by atoms with Gasteiger partial charge >= 0.3 is 0 Å². The van der Waals surface area contributed by atoms with E-state index in [1.165, 1.54) is 4.90 Å². The van der Waals surface area contributed by atoms with Gasteiger partial charge in [0.2, 0.25) is 5.12 Å². The molecule has 0 aromatic carbocycles. The van der Waals surface area contributed by atoms with Crippen LogP contribution in [0.15, 0.2) is 0 Å². The second-order valence-electron chi connectivity index (χ2n) is 2.47. The maximum Gasteiger partial charge on any atom is 0.279 e. The van der Waals surface area contributed by atoms with Gasteiger partial charge in [-0.15, -0.1) is 12.6 Å². The molecule has 1 saturated heterocycles. The van der Waals surface area contributed by atoms with Gasteiger partial charge in [0.05, 0.1) is 0 Å². The summed E-state index contributed by atoms with van der Waals surface area (Å²) in [6.07, 6.45) is 1.58.